The van der Waals surface area contributed by atoms with Crippen molar-refractivity contribution in [2.24, 2.45) is 0 Å². The number of aromatic amines is 1. The molecule has 0 saturated heterocycles. The normalized spacial score (nSPS) is 16.6. The molecule has 1 heterocycles. The summed E-state index contributed by atoms with van der Waals surface area (Å²) in [6.07, 6.45) is 7.52. The van der Waals surface area contributed by atoms with Crippen molar-refractivity contribution < 1.29 is 0 Å². The van der Waals surface area contributed by atoms with Crippen molar-refractivity contribution in [2.45, 2.75) is 45.4 Å². The molecule has 0 aliphatic heterocycles. The first kappa shape index (κ1) is 7.90. The SMILES string of the molecule is CC(C)c1c[nH]c2c1CCCC2. The molecule has 1 aliphatic carbocycles. The molecule has 1 aromatic heterocycles. The van der Waals surface area contributed by atoms with Crippen molar-refractivity contribution in [2.75, 3.05) is 0 Å². The van der Waals surface area contributed by atoms with Crippen LogP contribution < -0.4 is 0 Å². The van der Waals surface area contributed by atoms with Gasteiger partial charge in [0.1, 0.15) is 0 Å². The first-order valence-corrected chi connectivity index (χ1v) is 4.98. The lowest BCUT2D eigenvalue weighted by molar-refractivity contribution is 0.668. The van der Waals surface area contributed by atoms with Gasteiger partial charge in [0.15, 0.2) is 0 Å². The fourth-order valence-corrected chi connectivity index (χ4v) is 2.15. The summed E-state index contributed by atoms with van der Waals surface area (Å²) in [4.78, 5) is 3.41. The minimum Gasteiger partial charge on any atom is -0.364 e. The lowest BCUT2D eigenvalue weighted by atomic mass is 9.91. The molecule has 2 rings (SSSR count). The Labute approximate surface area is 74.2 Å². The van der Waals surface area contributed by atoms with Gasteiger partial charge in [-0.05, 0) is 42.7 Å². The molecule has 1 heteroatoms. The summed E-state index contributed by atoms with van der Waals surface area (Å²) in [5.74, 6) is 0.683. The summed E-state index contributed by atoms with van der Waals surface area (Å²) in [5, 5.41) is 0. The minimum atomic E-state index is 0.683. The molecule has 0 radical (unpaired) electrons. The molecule has 1 aromatic rings. The Balaban J connectivity index is 2.38. The van der Waals surface area contributed by atoms with E-state index in [2.05, 4.69) is 25.0 Å². The fraction of sp³-hybridized carbons (Fsp3) is 0.636. The molecule has 0 bridgehead atoms. The molecule has 0 fully saturated rings. The van der Waals surface area contributed by atoms with Crippen LogP contribution in [0.4, 0.5) is 0 Å². The highest BCUT2D eigenvalue weighted by Gasteiger charge is 2.16. The van der Waals surface area contributed by atoms with E-state index < -0.39 is 0 Å². The third kappa shape index (κ3) is 1.17. The smallest absolute Gasteiger partial charge is 0.0182 e. The van der Waals surface area contributed by atoms with Crippen LogP contribution in [0.2, 0.25) is 0 Å². The minimum absolute atomic E-state index is 0.683. The number of aromatic nitrogens is 1. The lowest BCUT2D eigenvalue weighted by Gasteiger charge is -2.14. The summed E-state index contributed by atoms with van der Waals surface area (Å²) < 4.78 is 0. The van der Waals surface area contributed by atoms with Crippen LogP contribution in [0.1, 0.15) is 49.4 Å². The van der Waals surface area contributed by atoms with Crippen molar-refractivity contribution in [3.8, 4) is 0 Å². The monoisotopic (exact) mass is 163 g/mol. The van der Waals surface area contributed by atoms with E-state index in [-0.39, 0.29) is 0 Å². The second-order valence-electron chi connectivity index (χ2n) is 4.06. The van der Waals surface area contributed by atoms with Crippen LogP contribution in [0.5, 0.6) is 0 Å². The second kappa shape index (κ2) is 2.96. The average Bonchev–Trinajstić information content (AvgIpc) is 2.47. The second-order valence-corrected chi connectivity index (χ2v) is 4.06. The van der Waals surface area contributed by atoms with E-state index in [9.17, 15) is 0 Å². The molecule has 0 spiro atoms. The summed E-state index contributed by atoms with van der Waals surface area (Å²) in [6, 6.07) is 0. The number of hydrogen-bond acceptors (Lipinski definition) is 0. The third-order valence-corrected chi connectivity index (χ3v) is 2.84. The Hall–Kier alpha value is -0.720. The first-order chi connectivity index (χ1) is 5.79. The molecule has 1 N–H and O–H groups in total. The molecule has 0 unspecified atom stereocenters. The van der Waals surface area contributed by atoms with Crippen LogP contribution in [-0.2, 0) is 12.8 Å². The van der Waals surface area contributed by atoms with E-state index in [0.29, 0.717) is 5.92 Å². The molecular formula is C11H17N. The number of aryl methyl sites for hydroxylation is 1. The standard InChI is InChI=1S/C11H17N/c1-8(2)10-7-12-11-6-4-3-5-9(10)11/h7-8,12H,3-6H2,1-2H3. The van der Waals surface area contributed by atoms with Gasteiger partial charge in [-0.15, -0.1) is 0 Å². The summed E-state index contributed by atoms with van der Waals surface area (Å²) in [5.41, 5.74) is 4.67. The van der Waals surface area contributed by atoms with Gasteiger partial charge in [0.25, 0.3) is 0 Å². The Morgan fingerprint density at radius 3 is 2.75 bits per heavy atom. The van der Waals surface area contributed by atoms with E-state index in [0.717, 1.165) is 0 Å². The molecule has 0 atom stereocenters. The van der Waals surface area contributed by atoms with Crippen molar-refractivity contribution in [3.63, 3.8) is 0 Å². The highest BCUT2D eigenvalue weighted by molar-refractivity contribution is 5.34. The van der Waals surface area contributed by atoms with Gasteiger partial charge in [-0.3, -0.25) is 0 Å². The van der Waals surface area contributed by atoms with Crippen LogP contribution in [-0.4, -0.2) is 4.98 Å². The molecule has 1 nitrogen and oxygen atoms in total. The number of H-pyrrole nitrogens is 1. The first-order valence-electron chi connectivity index (χ1n) is 4.98. The van der Waals surface area contributed by atoms with Gasteiger partial charge in [0.2, 0.25) is 0 Å². The fourth-order valence-electron chi connectivity index (χ4n) is 2.15. The molecule has 12 heavy (non-hydrogen) atoms. The summed E-state index contributed by atoms with van der Waals surface area (Å²) >= 11 is 0. The number of rotatable bonds is 1. The summed E-state index contributed by atoms with van der Waals surface area (Å²) in [7, 11) is 0. The van der Waals surface area contributed by atoms with E-state index >= 15 is 0 Å². The van der Waals surface area contributed by atoms with E-state index in [4.69, 9.17) is 0 Å². The zero-order valence-electron chi connectivity index (χ0n) is 7.98. The van der Waals surface area contributed by atoms with Crippen LogP contribution in [0.3, 0.4) is 0 Å². The lowest BCUT2D eigenvalue weighted by Crippen LogP contribution is -2.02. The average molecular weight is 163 g/mol. The zero-order chi connectivity index (χ0) is 8.55. The molecule has 66 valence electrons. The largest absolute Gasteiger partial charge is 0.364 e. The highest BCUT2D eigenvalue weighted by atomic mass is 14.7. The maximum Gasteiger partial charge on any atom is 0.0182 e. The predicted octanol–water partition coefficient (Wildman–Crippen LogP) is 3.02. The molecule has 0 amide bonds. The topological polar surface area (TPSA) is 15.8 Å². The van der Waals surface area contributed by atoms with Gasteiger partial charge in [-0.2, -0.15) is 0 Å². The Kier molecular flexibility index (Phi) is 1.95. The maximum atomic E-state index is 3.41. The van der Waals surface area contributed by atoms with Crippen molar-refractivity contribution >= 4 is 0 Å². The van der Waals surface area contributed by atoms with Crippen molar-refractivity contribution in [1.82, 2.24) is 4.98 Å². The number of nitrogens with one attached hydrogen (secondary N) is 1. The van der Waals surface area contributed by atoms with Crippen LogP contribution in [0.15, 0.2) is 6.20 Å². The maximum absolute atomic E-state index is 3.41. The number of fused-ring (bicyclic) bond motifs is 1. The van der Waals surface area contributed by atoms with Crippen molar-refractivity contribution in [3.05, 3.63) is 23.0 Å². The Bertz CT molecular complexity index is 271. The quantitative estimate of drug-likeness (QED) is 0.655. The van der Waals surface area contributed by atoms with Gasteiger partial charge in [0.05, 0.1) is 0 Å². The van der Waals surface area contributed by atoms with Crippen molar-refractivity contribution in [1.29, 1.82) is 0 Å². The van der Waals surface area contributed by atoms with E-state index in [1.165, 1.54) is 31.4 Å². The Morgan fingerprint density at radius 2 is 2.00 bits per heavy atom. The van der Waals surface area contributed by atoms with Crippen LogP contribution in [0.25, 0.3) is 0 Å². The third-order valence-electron chi connectivity index (χ3n) is 2.84. The summed E-state index contributed by atoms with van der Waals surface area (Å²) in [6.45, 7) is 4.55. The van der Waals surface area contributed by atoms with E-state index in [1.54, 1.807) is 11.1 Å². The van der Waals surface area contributed by atoms with Gasteiger partial charge < -0.3 is 4.98 Å². The van der Waals surface area contributed by atoms with Gasteiger partial charge in [0, 0.05) is 11.9 Å². The molecule has 1 aliphatic rings. The Morgan fingerprint density at radius 1 is 1.25 bits per heavy atom. The van der Waals surface area contributed by atoms with Crippen LogP contribution in [0, 0.1) is 0 Å². The van der Waals surface area contributed by atoms with E-state index in [1.807, 2.05) is 0 Å². The highest BCUT2D eigenvalue weighted by Crippen LogP contribution is 2.28. The number of hydrogen-bond donors (Lipinski definition) is 1. The zero-order valence-corrected chi connectivity index (χ0v) is 7.98. The van der Waals surface area contributed by atoms with Crippen LogP contribution >= 0.6 is 0 Å². The van der Waals surface area contributed by atoms with Gasteiger partial charge >= 0.3 is 0 Å². The molecular weight excluding hydrogens is 146 g/mol. The molecule has 0 saturated carbocycles. The predicted molar refractivity (Wildman–Crippen MR) is 51.5 cm³/mol. The molecule has 0 aromatic carbocycles. The van der Waals surface area contributed by atoms with Gasteiger partial charge in [-0.1, -0.05) is 13.8 Å². The van der Waals surface area contributed by atoms with Gasteiger partial charge in [-0.25, -0.2) is 0 Å².